The molecule has 2 unspecified atom stereocenters. The highest BCUT2D eigenvalue weighted by Gasteiger charge is 2.44. The van der Waals surface area contributed by atoms with E-state index in [0.717, 1.165) is 17.0 Å². The second kappa shape index (κ2) is 4.90. The Morgan fingerprint density at radius 2 is 1.85 bits per heavy atom. The lowest BCUT2D eigenvalue weighted by atomic mass is 9.78. The number of nitrogens with one attached hydrogen (secondary N) is 1. The molecule has 100 valence electrons. The van der Waals surface area contributed by atoms with Crippen molar-refractivity contribution in [1.82, 2.24) is 0 Å². The Hall–Kier alpha value is -2.47. The molecule has 1 heterocycles. The Morgan fingerprint density at radius 1 is 1.15 bits per heavy atom. The van der Waals surface area contributed by atoms with Gasteiger partial charge in [0.05, 0.1) is 12.7 Å². The Balaban J connectivity index is 2.10. The van der Waals surface area contributed by atoms with Crippen molar-refractivity contribution >= 4 is 5.69 Å². The molecule has 0 aliphatic carbocycles. The first-order valence-electron chi connectivity index (χ1n) is 6.73. The van der Waals surface area contributed by atoms with E-state index in [4.69, 9.17) is 4.74 Å². The van der Waals surface area contributed by atoms with Crippen molar-refractivity contribution in [2.75, 3.05) is 11.9 Å². The molecule has 0 aromatic heterocycles. The number of fused-ring (bicyclic) bond motifs is 1. The molecule has 1 aliphatic heterocycles. The van der Waals surface area contributed by atoms with Crippen LogP contribution in [0.1, 0.15) is 12.5 Å². The lowest BCUT2D eigenvalue weighted by Gasteiger charge is -2.39. The number of nitrogens with zero attached hydrogens (tertiary/aromatic N) is 1. The summed E-state index contributed by atoms with van der Waals surface area (Å²) < 4.78 is 5.74. The Bertz CT molecular complexity index is 648. The smallest absolute Gasteiger partial charge is 0.160 e. The predicted molar refractivity (Wildman–Crippen MR) is 78.5 cm³/mol. The zero-order chi connectivity index (χ0) is 14.0. The van der Waals surface area contributed by atoms with E-state index in [2.05, 4.69) is 11.4 Å². The summed E-state index contributed by atoms with van der Waals surface area (Å²) in [5.41, 5.74) is 1.10. The molecule has 3 heteroatoms. The molecule has 1 N–H and O–H groups in total. The lowest BCUT2D eigenvalue weighted by Crippen LogP contribution is -2.46. The van der Waals surface area contributed by atoms with Crippen LogP contribution in [0.5, 0.6) is 5.75 Å². The molecule has 0 radical (unpaired) electrons. The largest absolute Gasteiger partial charge is 0.493 e. The number of anilines is 1. The second-order valence-corrected chi connectivity index (χ2v) is 5.12. The van der Waals surface area contributed by atoms with Gasteiger partial charge in [-0.15, -0.1) is 0 Å². The van der Waals surface area contributed by atoms with E-state index in [1.54, 1.807) is 0 Å². The van der Waals surface area contributed by atoms with Gasteiger partial charge in [0, 0.05) is 17.2 Å². The lowest BCUT2D eigenvalue weighted by molar-refractivity contribution is 0.186. The van der Waals surface area contributed by atoms with Crippen molar-refractivity contribution in [2.24, 2.45) is 5.92 Å². The summed E-state index contributed by atoms with van der Waals surface area (Å²) >= 11 is 0. The molecule has 2 atom stereocenters. The van der Waals surface area contributed by atoms with Crippen molar-refractivity contribution in [3.8, 4) is 11.8 Å². The Labute approximate surface area is 118 Å². The minimum absolute atomic E-state index is 0.0580. The molecule has 0 fully saturated rings. The van der Waals surface area contributed by atoms with Gasteiger partial charge >= 0.3 is 0 Å². The monoisotopic (exact) mass is 264 g/mol. The SMILES string of the molecule is CC1COc2ccccc2C1(C#N)Nc1ccccc1. The Kier molecular flexibility index (Phi) is 3.08. The van der Waals surface area contributed by atoms with E-state index < -0.39 is 5.54 Å². The third-order valence-corrected chi connectivity index (χ3v) is 3.83. The van der Waals surface area contributed by atoms with Crippen LogP contribution in [0, 0.1) is 17.2 Å². The normalized spacial score (nSPS) is 24.1. The van der Waals surface area contributed by atoms with E-state index in [9.17, 15) is 5.26 Å². The van der Waals surface area contributed by atoms with Crippen molar-refractivity contribution in [3.05, 3.63) is 60.2 Å². The number of hydrogen-bond donors (Lipinski definition) is 1. The molecule has 0 saturated carbocycles. The van der Waals surface area contributed by atoms with Gasteiger partial charge in [0.15, 0.2) is 5.54 Å². The van der Waals surface area contributed by atoms with Gasteiger partial charge in [0.2, 0.25) is 0 Å². The van der Waals surface area contributed by atoms with Crippen LogP contribution in [-0.4, -0.2) is 6.61 Å². The summed E-state index contributed by atoms with van der Waals surface area (Å²) in [6.45, 7) is 2.57. The number of hydrogen-bond acceptors (Lipinski definition) is 3. The second-order valence-electron chi connectivity index (χ2n) is 5.12. The van der Waals surface area contributed by atoms with Crippen molar-refractivity contribution in [2.45, 2.75) is 12.5 Å². The summed E-state index contributed by atoms with van der Waals surface area (Å²) in [5, 5.41) is 13.3. The van der Waals surface area contributed by atoms with Crippen molar-refractivity contribution in [3.63, 3.8) is 0 Å². The highest BCUT2D eigenvalue weighted by molar-refractivity contribution is 5.55. The zero-order valence-electron chi connectivity index (χ0n) is 11.3. The van der Waals surface area contributed by atoms with Crippen LogP contribution in [0.4, 0.5) is 5.69 Å². The zero-order valence-corrected chi connectivity index (χ0v) is 11.3. The topological polar surface area (TPSA) is 45.0 Å². The van der Waals surface area contributed by atoms with E-state index >= 15 is 0 Å². The molecule has 3 rings (SSSR count). The first-order valence-corrected chi connectivity index (χ1v) is 6.73. The van der Waals surface area contributed by atoms with Crippen LogP contribution in [0.25, 0.3) is 0 Å². The van der Waals surface area contributed by atoms with Gasteiger partial charge in [-0.05, 0) is 18.2 Å². The standard InChI is InChI=1S/C17H16N2O/c1-13-11-20-16-10-6-5-9-15(16)17(13,12-18)19-14-7-3-2-4-8-14/h2-10,13,19H,11H2,1H3. The highest BCUT2D eigenvalue weighted by atomic mass is 16.5. The average Bonchev–Trinajstić information content (AvgIpc) is 2.51. The van der Waals surface area contributed by atoms with Crippen LogP contribution >= 0.6 is 0 Å². The molecule has 1 aliphatic rings. The fourth-order valence-electron chi connectivity index (χ4n) is 2.66. The summed E-state index contributed by atoms with van der Waals surface area (Å²) in [6.07, 6.45) is 0. The number of nitriles is 1. The fraction of sp³-hybridized carbons (Fsp3) is 0.235. The third kappa shape index (κ3) is 1.90. The predicted octanol–water partition coefficient (Wildman–Crippen LogP) is 3.55. The summed E-state index contributed by atoms with van der Waals surface area (Å²) in [4.78, 5) is 0. The van der Waals surface area contributed by atoms with Crippen LogP contribution in [0.15, 0.2) is 54.6 Å². The van der Waals surface area contributed by atoms with Gasteiger partial charge in [0.1, 0.15) is 5.75 Å². The van der Waals surface area contributed by atoms with Crippen molar-refractivity contribution in [1.29, 1.82) is 5.26 Å². The first kappa shape index (κ1) is 12.6. The van der Waals surface area contributed by atoms with E-state index in [1.807, 2.05) is 61.5 Å². The van der Waals surface area contributed by atoms with Crippen LogP contribution in [0.3, 0.4) is 0 Å². The maximum Gasteiger partial charge on any atom is 0.160 e. The first-order chi connectivity index (χ1) is 9.76. The van der Waals surface area contributed by atoms with Crippen LogP contribution in [0.2, 0.25) is 0 Å². The van der Waals surface area contributed by atoms with E-state index in [-0.39, 0.29) is 5.92 Å². The summed E-state index contributed by atoms with van der Waals surface area (Å²) in [5.74, 6) is 0.846. The average molecular weight is 264 g/mol. The van der Waals surface area contributed by atoms with E-state index in [0.29, 0.717) is 6.61 Å². The Morgan fingerprint density at radius 3 is 2.60 bits per heavy atom. The summed E-state index contributed by atoms with van der Waals surface area (Å²) in [7, 11) is 0. The van der Waals surface area contributed by atoms with Gasteiger partial charge in [-0.25, -0.2) is 0 Å². The maximum absolute atomic E-state index is 9.85. The number of ether oxygens (including phenoxy) is 1. The molecule has 0 amide bonds. The molecule has 0 spiro atoms. The van der Waals surface area contributed by atoms with Gasteiger partial charge in [0.25, 0.3) is 0 Å². The molecule has 0 bridgehead atoms. The minimum atomic E-state index is -0.754. The molecule has 0 saturated heterocycles. The van der Waals surface area contributed by atoms with Crippen LogP contribution < -0.4 is 10.1 Å². The van der Waals surface area contributed by atoms with E-state index in [1.165, 1.54) is 0 Å². The van der Waals surface area contributed by atoms with Gasteiger partial charge in [-0.1, -0.05) is 43.3 Å². The summed E-state index contributed by atoms with van der Waals surface area (Å²) in [6, 6.07) is 20.1. The molecule has 3 nitrogen and oxygen atoms in total. The number of rotatable bonds is 2. The molecular formula is C17H16N2O. The van der Waals surface area contributed by atoms with Gasteiger partial charge in [-0.2, -0.15) is 5.26 Å². The molecular weight excluding hydrogens is 248 g/mol. The van der Waals surface area contributed by atoms with Gasteiger partial charge < -0.3 is 10.1 Å². The number of para-hydroxylation sites is 2. The van der Waals surface area contributed by atoms with Crippen LogP contribution in [-0.2, 0) is 5.54 Å². The highest BCUT2D eigenvalue weighted by Crippen LogP contribution is 2.42. The minimum Gasteiger partial charge on any atom is -0.493 e. The fourth-order valence-corrected chi connectivity index (χ4v) is 2.66. The van der Waals surface area contributed by atoms with Crippen molar-refractivity contribution < 1.29 is 4.74 Å². The van der Waals surface area contributed by atoms with Gasteiger partial charge in [-0.3, -0.25) is 0 Å². The molecule has 2 aromatic carbocycles. The molecule has 2 aromatic rings. The maximum atomic E-state index is 9.85. The quantitative estimate of drug-likeness (QED) is 0.902. The third-order valence-electron chi connectivity index (χ3n) is 3.83. The molecule has 20 heavy (non-hydrogen) atoms. The number of benzene rings is 2.